The van der Waals surface area contributed by atoms with Crippen molar-refractivity contribution in [1.82, 2.24) is 14.5 Å². The number of anilines is 4. The van der Waals surface area contributed by atoms with Gasteiger partial charge in [0.05, 0.1) is 34.9 Å². The summed E-state index contributed by atoms with van der Waals surface area (Å²) in [5, 5.41) is 2.32. The van der Waals surface area contributed by atoms with E-state index in [1.54, 1.807) is 18.8 Å². The van der Waals surface area contributed by atoms with Gasteiger partial charge in [0.25, 0.3) is 0 Å². The molecule has 1 aliphatic heterocycles. The number of hydrogen-bond donors (Lipinski definition) is 0. The normalized spacial score (nSPS) is 13.2. The molecular weight excluding hydrogens is 643 g/mol. The lowest BCUT2D eigenvalue weighted by atomic mass is 9.88. The molecule has 7 heteroatoms. The van der Waals surface area contributed by atoms with Crippen LogP contribution in [-0.4, -0.2) is 21.2 Å². The number of hydrogen-bond acceptors (Lipinski definition) is 6. The minimum absolute atomic E-state index is 0.680. The molecule has 1 aliphatic rings. The zero-order valence-corrected chi connectivity index (χ0v) is 28.0. The first-order valence-corrected chi connectivity index (χ1v) is 17.2. The lowest BCUT2D eigenvalue weighted by Gasteiger charge is -2.23. The molecule has 0 saturated carbocycles. The lowest BCUT2D eigenvalue weighted by Crippen LogP contribution is -2.23. The van der Waals surface area contributed by atoms with E-state index in [4.69, 9.17) is 13.8 Å². The minimum Gasteiger partial charge on any atom is -0.472 e. The first-order chi connectivity index (χ1) is 25.8. The molecule has 0 atom stereocenters. The van der Waals surface area contributed by atoms with Gasteiger partial charge in [0, 0.05) is 39.5 Å². The molecule has 7 nitrogen and oxygen atoms in total. The van der Waals surface area contributed by atoms with Gasteiger partial charge in [-0.25, -0.2) is 9.97 Å². The van der Waals surface area contributed by atoms with Crippen molar-refractivity contribution in [1.29, 1.82) is 0 Å². The van der Waals surface area contributed by atoms with E-state index in [1.807, 2.05) is 24.4 Å². The van der Waals surface area contributed by atoms with Crippen molar-refractivity contribution in [3.05, 3.63) is 199 Å². The molecule has 0 unspecified atom stereocenters. The quantitative estimate of drug-likeness (QED) is 0.168. The second-order valence-electron chi connectivity index (χ2n) is 12.8. The van der Waals surface area contributed by atoms with Crippen LogP contribution in [0.25, 0.3) is 38.8 Å². The summed E-state index contributed by atoms with van der Waals surface area (Å²) in [7, 11) is 0. The Balaban J connectivity index is 1.21. The predicted octanol–water partition coefficient (Wildman–Crippen LogP) is 11.0. The maximum atomic E-state index is 5.68. The SMILES string of the molecule is c1ccc(N2CN(c3cccc(/C(=C(/c4ccoc4)c4cocn4)c4ccc5c6ccccc6n(-c6ccccn6)c5c4)c3)c3ccccc32)cc1. The maximum Gasteiger partial charge on any atom is 0.181 e. The van der Waals surface area contributed by atoms with Crippen molar-refractivity contribution in [2.24, 2.45) is 0 Å². The fraction of sp³-hybridized carbons (Fsp3) is 0.0222. The predicted molar refractivity (Wildman–Crippen MR) is 207 cm³/mol. The molecule has 4 aromatic heterocycles. The van der Waals surface area contributed by atoms with Crippen LogP contribution >= 0.6 is 0 Å². The third-order valence-electron chi connectivity index (χ3n) is 9.85. The number of furan rings is 1. The molecule has 5 aromatic carbocycles. The van der Waals surface area contributed by atoms with Gasteiger partial charge in [0.2, 0.25) is 0 Å². The number of oxazole rings is 1. The van der Waals surface area contributed by atoms with Crippen LogP contribution in [0.2, 0.25) is 0 Å². The standard InChI is InChI=1S/C45H31N5O2/c1-2-12-34(13-3-1)48-30-49(41-18-7-6-17-40(41)48)35-14-10-11-31(25-35)44(45(33-22-24-51-27-33)38-28-52-29-47-38)32-20-21-37-36-15-4-5-16-39(36)50(42(37)26-32)43-19-8-9-23-46-43/h1-29H,30H2/b45-44+. The molecule has 248 valence electrons. The molecule has 9 aromatic rings. The summed E-state index contributed by atoms with van der Waals surface area (Å²) < 4.78 is 13.5. The first kappa shape index (κ1) is 29.8. The van der Waals surface area contributed by atoms with Crippen LogP contribution in [0, 0.1) is 0 Å². The molecule has 0 radical (unpaired) electrons. The molecule has 0 bridgehead atoms. The smallest absolute Gasteiger partial charge is 0.181 e. The molecular formula is C45H31N5O2. The summed E-state index contributed by atoms with van der Waals surface area (Å²) in [5.41, 5.74) is 12.3. The Morgan fingerprint density at radius 1 is 0.519 bits per heavy atom. The number of para-hydroxylation sites is 4. The van der Waals surface area contributed by atoms with Crippen LogP contribution in [0.1, 0.15) is 22.4 Å². The van der Waals surface area contributed by atoms with E-state index in [2.05, 4.69) is 147 Å². The van der Waals surface area contributed by atoms with Crippen molar-refractivity contribution in [3.63, 3.8) is 0 Å². The lowest BCUT2D eigenvalue weighted by molar-refractivity contribution is 0.557. The van der Waals surface area contributed by atoms with Crippen LogP contribution in [0.5, 0.6) is 0 Å². The topological polar surface area (TPSA) is 63.5 Å². The average molecular weight is 674 g/mol. The van der Waals surface area contributed by atoms with Gasteiger partial charge >= 0.3 is 0 Å². The van der Waals surface area contributed by atoms with Crippen LogP contribution < -0.4 is 9.80 Å². The molecule has 0 spiro atoms. The van der Waals surface area contributed by atoms with Crippen molar-refractivity contribution in [3.8, 4) is 5.82 Å². The Bertz CT molecular complexity index is 2680. The van der Waals surface area contributed by atoms with Crippen LogP contribution in [0.15, 0.2) is 186 Å². The summed E-state index contributed by atoms with van der Waals surface area (Å²) in [5.74, 6) is 0.862. The van der Waals surface area contributed by atoms with Crippen molar-refractivity contribution >= 4 is 55.7 Å². The van der Waals surface area contributed by atoms with E-state index in [9.17, 15) is 0 Å². The van der Waals surface area contributed by atoms with Crippen molar-refractivity contribution in [2.75, 3.05) is 16.5 Å². The molecule has 0 aliphatic carbocycles. The third kappa shape index (κ3) is 4.90. The highest BCUT2D eigenvalue weighted by atomic mass is 16.3. The van der Waals surface area contributed by atoms with Gasteiger partial charge in [0.15, 0.2) is 6.39 Å². The van der Waals surface area contributed by atoms with E-state index in [1.165, 1.54) is 17.5 Å². The number of fused-ring (bicyclic) bond motifs is 4. The van der Waals surface area contributed by atoms with E-state index in [0.717, 1.165) is 67.1 Å². The molecule has 0 amide bonds. The zero-order chi connectivity index (χ0) is 34.4. The van der Waals surface area contributed by atoms with Crippen LogP contribution in [0.4, 0.5) is 22.7 Å². The Labute approximate surface area is 300 Å². The molecule has 0 saturated heterocycles. The Morgan fingerprint density at radius 3 is 2.06 bits per heavy atom. The number of nitrogens with zero attached hydrogens (tertiary/aromatic N) is 5. The monoisotopic (exact) mass is 673 g/mol. The van der Waals surface area contributed by atoms with Gasteiger partial charge in [-0.2, -0.15) is 0 Å². The average Bonchev–Trinajstić information content (AvgIpc) is 4.04. The summed E-state index contributed by atoms with van der Waals surface area (Å²) in [6, 6.07) is 51.1. The molecule has 5 heterocycles. The summed E-state index contributed by atoms with van der Waals surface area (Å²) in [6.07, 6.45) is 8.49. The summed E-state index contributed by atoms with van der Waals surface area (Å²) >= 11 is 0. The van der Waals surface area contributed by atoms with E-state index >= 15 is 0 Å². The van der Waals surface area contributed by atoms with Crippen LogP contribution in [-0.2, 0) is 0 Å². The van der Waals surface area contributed by atoms with E-state index in [0.29, 0.717) is 12.4 Å². The number of pyridine rings is 1. The van der Waals surface area contributed by atoms with Gasteiger partial charge in [-0.1, -0.05) is 78.9 Å². The fourth-order valence-electron chi connectivity index (χ4n) is 7.57. The van der Waals surface area contributed by atoms with Gasteiger partial charge in [-0.15, -0.1) is 0 Å². The second kappa shape index (κ2) is 12.3. The molecule has 10 rings (SSSR count). The largest absolute Gasteiger partial charge is 0.472 e. The maximum absolute atomic E-state index is 5.68. The summed E-state index contributed by atoms with van der Waals surface area (Å²) in [6.45, 7) is 0.680. The van der Waals surface area contributed by atoms with Gasteiger partial charge < -0.3 is 18.6 Å². The number of rotatable bonds is 7. The highest BCUT2D eigenvalue weighted by Crippen LogP contribution is 2.46. The second-order valence-corrected chi connectivity index (χ2v) is 12.8. The summed E-state index contributed by atoms with van der Waals surface area (Å²) in [4.78, 5) is 14.2. The van der Waals surface area contributed by atoms with Gasteiger partial charge in [0.1, 0.15) is 24.4 Å². The molecule has 52 heavy (non-hydrogen) atoms. The first-order valence-electron chi connectivity index (χ1n) is 17.2. The van der Waals surface area contributed by atoms with E-state index in [-0.39, 0.29) is 0 Å². The Kier molecular flexibility index (Phi) is 7.06. The fourth-order valence-corrected chi connectivity index (χ4v) is 7.57. The number of aromatic nitrogens is 3. The highest BCUT2D eigenvalue weighted by Gasteiger charge is 2.28. The minimum atomic E-state index is 0.680. The molecule has 0 fully saturated rings. The zero-order valence-electron chi connectivity index (χ0n) is 28.0. The van der Waals surface area contributed by atoms with Gasteiger partial charge in [-0.3, -0.25) is 4.57 Å². The Morgan fingerprint density at radius 2 is 1.27 bits per heavy atom. The van der Waals surface area contributed by atoms with E-state index < -0.39 is 0 Å². The van der Waals surface area contributed by atoms with Crippen molar-refractivity contribution < 1.29 is 8.83 Å². The number of benzene rings is 5. The van der Waals surface area contributed by atoms with Crippen molar-refractivity contribution in [2.45, 2.75) is 0 Å². The van der Waals surface area contributed by atoms with Crippen LogP contribution in [0.3, 0.4) is 0 Å². The van der Waals surface area contributed by atoms with Gasteiger partial charge in [-0.05, 0) is 83.4 Å². The molecule has 0 N–H and O–H groups in total. The Hall–Kier alpha value is -7.12. The third-order valence-corrected chi connectivity index (χ3v) is 9.85. The highest BCUT2D eigenvalue weighted by molar-refractivity contribution is 6.11.